The molecule has 0 saturated heterocycles. The number of nitrogens with one attached hydrogen (secondary N) is 1. The van der Waals surface area contributed by atoms with Crippen molar-refractivity contribution >= 4 is 23.5 Å². The van der Waals surface area contributed by atoms with E-state index in [1.165, 1.54) is 12.1 Å². The quantitative estimate of drug-likeness (QED) is 0.572. The van der Waals surface area contributed by atoms with Crippen molar-refractivity contribution in [2.45, 2.75) is 12.5 Å². The van der Waals surface area contributed by atoms with Crippen molar-refractivity contribution in [1.29, 1.82) is 0 Å². The van der Waals surface area contributed by atoms with Gasteiger partial charge in [-0.15, -0.1) is 0 Å². The van der Waals surface area contributed by atoms with Gasteiger partial charge in [0.2, 0.25) is 0 Å². The van der Waals surface area contributed by atoms with E-state index in [4.69, 9.17) is 15.9 Å². The minimum absolute atomic E-state index is 0.0941. The van der Waals surface area contributed by atoms with Crippen molar-refractivity contribution in [3.63, 3.8) is 0 Å². The van der Waals surface area contributed by atoms with Gasteiger partial charge in [0.1, 0.15) is 6.04 Å². The second-order valence-electron chi connectivity index (χ2n) is 3.55. The Morgan fingerprint density at radius 3 is 2.39 bits per heavy atom. The summed E-state index contributed by atoms with van der Waals surface area (Å²) in [5.41, 5.74) is 5.45. The van der Waals surface area contributed by atoms with E-state index in [2.05, 4.69) is 5.32 Å². The van der Waals surface area contributed by atoms with Gasteiger partial charge in [0.15, 0.2) is 5.78 Å². The van der Waals surface area contributed by atoms with Gasteiger partial charge in [-0.3, -0.25) is 14.9 Å². The molecule has 1 aromatic carbocycles. The first kappa shape index (κ1) is 13.7. The lowest BCUT2D eigenvalue weighted by molar-refractivity contribution is -0.138. The Bertz CT molecular complexity index is 486. The summed E-state index contributed by atoms with van der Waals surface area (Å²) in [6, 6.07) is 4.61. The largest absolute Gasteiger partial charge is 0.480 e. The van der Waals surface area contributed by atoms with Crippen LogP contribution < -0.4 is 11.1 Å². The summed E-state index contributed by atoms with van der Waals surface area (Å²) >= 11 is 0. The van der Waals surface area contributed by atoms with E-state index in [0.29, 0.717) is 0 Å². The Morgan fingerprint density at radius 2 is 1.83 bits per heavy atom. The highest BCUT2D eigenvalue weighted by molar-refractivity contribution is 6.05. The zero-order valence-electron chi connectivity index (χ0n) is 9.29. The average molecular weight is 252 g/mol. The topological polar surface area (TPSA) is 130 Å². The summed E-state index contributed by atoms with van der Waals surface area (Å²) in [4.78, 5) is 32.9. The summed E-state index contributed by atoms with van der Waals surface area (Å²) in [7, 11) is 0. The molecule has 0 bridgehead atoms. The number of carbonyl (C=O) groups excluding carboxylic acids is 1. The fourth-order valence-corrected chi connectivity index (χ4v) is 1.35. The molecule has 1 rings (SSSR count). The number of nitrogens with two attached hydrogens (primary N) is 1. The number of carboxylic acid groups (broad SMARTS) is 2. The van der Waals surface area contributed by atoms with Crippen LogP contribution in [0.2, 0.25) is 0 Å². The normalized spacial score (nSPS) is 11.6. The van der Waals surface area contributed by atoms with Gasteiger partial charge in [-0.2, -0.15) is 0 Å². The number of para-hydroxylation sites is 1. The molecule has 0 aromatic heterocycles. The van der Waals surface area contributed by atoms with Gasteiger partial charge in [-0.25, -0.2) is 4.79 Å². The number of anilines is 1. The molecule has 18 heavy (non-hydrogen) atoms. The number of hydrogen-bond donors (Lipinski definition) is 4. The maximum Gasteiger partial charge on any atom is 0.409 e. The van der Waals surface area contributed by atoms with E-state index >= 15 is 0 Å². The molecule has 0 fully saturated rings. The van der Waals surface area contributed by atoms with Gasteiger partial charge < -0.3 is 15.9 Å². The highest BCUT2D eigenvalue weighted by atomic mass is 16.4. The molecule has 0 aliphatic carbocycles. The maximum absolute atomic E-state index is 11.8. The van der Waals surface area contributed by atoms with Crippen LogP contribution in [0.1, 0.15) is 16.8 Å². The number of carboxylic acids is 1. The third kappa shape index (κ3) is 3.56. The van der Waals surface area contributed by atoms with Crippen molar-refractivity contribution in [3.8, 4) is 0 Å². The van der Waals surface area contributed by atoms with E-state index < -0.39 is 30.3 Å². The van der Waals surface area contributed by atoms with Gasteiger partial charge in [0.05, 0.1) is 5.69 Å². The number of benzene rings is 1. The molecule has 96 valence electrons. The highest BCUT2D eigenvalue weighted by Crippen LogP contribution is 2.17. The molecule has 7 heteroatoms. The monoisotopic (exact) mass is 252 g/mol. The fraction of sp³-hybridized carbons (Fsp3) is 0.182. The number of amides is 1. The standard InChI is InChI=1S/C11H12N2O5/c12-7(10(15)16)5-9(14)6-3-1-2-4-8(6)13-11(17)18/h1-4,7,13H,5,12H2,(H,15,16)(H,17,18). The second-order valence-corrected chi connectivity index (χ2v) is 3.55. The Morgan fingerprint density at radius 1 is 1.22 bits per heavy atom. The Hall–Kier alpha value is -2.41. The summed E-state index contributed by atoms with van der Waals surface area (Å²) in [5, 5.41) is 19.3. The SMILES string of the molecule is NC(CC(=O)c1ccccc1NC(=O)O)C(=O)O. The minimum Gasteiger partial charge on any atom is -0.480 e. The van der Waals surface area contributed by atoms with Crippen molar-refractivity contribution in [2.75, 3.05) is 5.32 Å². The zero-order chi connectivity index (χ0) is 13.7. The van der Waals surface area contributed by atoms with Crippen molar-refractivity contribution in [2.24, 2.45) is 5.73 Å². The number of carbonyl (C=O) groups is 3. The van der Waals surface area contributed by atoms with Crippen LogP contribution in [0.25, 0.3) is 0 Å². The third-order valence-electron chi connectivity index (χ3n) is 2.19. The van der Waals surface area contributed by atoms with Crippen LogP contribution in [0, 0.1) is 0 Å². The Labute approximate surface area is 102 Å². The van der Waals surface area contributed by atoms with Crippen molar-refractivity contribution in [1.82, 2.24) is 0 Å². The van der Waals surface area contributed by atoms with E-state index in [1.54, 1.807) is 12.1 Å². The smallest absolute Gasteiger partial charge is 0.409 e. The molecule has 1 unspecified atom stereocenters. The first-order chi connectivity index (χ1) is 8.41. The van der Waals surface area contributed by atoms with Crippen molar-refractivity contribution < 1.29 is 24.6 Å². The van der Waals surface area contributed by atoms with Crippen LogP contribution in [0.4, 0.5) is 10.5 Å². The molecule has 0 radical (unpaired) electrons. The van der Waals surface area contributed by atoms with E-state index in [9.17, 15) is 14.4 Å². The summed E-state index contributed by atoms with van der Waals surface area (Å²) in [5.74, 6) is -1.82. The van der Waals surface area contributed by atoms with Crippen LogP contribution >= 0.6 is 0 Å². The van der Waals surface area contributed by atoms with Crippen LogP contribution in [0.15, 0.2) is 24.3 Å². The molecule has 0 saturated carbocycles. The highest BCUT2D eigenvalue weighted by Gasteiger charge is 2.19. The number of Topliss-reactive ketones (excluding diaryl/α,β-unsaturated/α-hetero) is 1. The molecular weight excluding hydrogens is 240 g/mol. The van der Waals surface area contributed by atoms with Gasteiger partial charge in [0.25, 0.3) is 0 Å². The third-order valence-corrected chi connectivity index (χ3v) is 2.19. The first-order valence-corrected chi connectivity index (χ1v) is 5.02. The van der Waals surface area contributed by atoms with Crippen LogP contribution in [-0.4, -0.2) is 34.1 Å². The number of ketones is 1. The molecule has 1 amide bonds. The number of rotatable bonds is 5. The molecule has 0 heterocycles. The molecule has 1 aromatic rings. The summed E-state index contributed by atoms with van der Waals surface area (Å²) in [6.45, 7) is 0. The Kier molecular flexibility index (Phi) is 4.39. The van der Waals surface area contributed by atoms with E-state index in [1.807, 2.05) is 0 Å². The lowest BCUT2D eigenvalue weighted by Gasteiger charge is -2.09. The van der Waals surface area contributed by atoms with E-state index in [-0.39, 0.29) is 11.3 Å². The predicted molar refractivity (Wildman–Crippen MR) is 62.6 cm³/mol. The number of aliphatic carboxylic acids is 1. The summed E-state index contributed by atoms with van der Waals surface area (Å²) < 4.78 is 0. The van der Waals surface area contributed by atoms with Gasteiger partial charge in [-0.05, 0) is 12.1 Å². The minimum atomic E-state index is -1.31. The first-order valence-electron chi connectivity index (χ1n) is 5.02. The maximum atomic E-state index is 11.8. The molecule has 0 aliphatic rings. The molecule has 1 atom stereocenters. The molecule has 5 N–H and O–H groups in total. The Balaban J connectivity index is 2.91. The second kappa shape index (κ2) is 5.78. The van der Waals surface area contributed by atoms with Crippen LogP contribution in [-0.2, 0) is 4.79 Å². The predicted octanol–water partition coefficient (Wildman–Crippen LogP) is 0.761. The number of hydrogen-bond acceptors (Lipinski definition) is 4. The van der Waals surface area contributed by atoms with Crippen LogP contribution in [0.5, 0.6) is 0 Å². The van der Waals surface area contributed by atoms with Gasteiger partial charge >= 0.3 is 12.1 Å². The molecule has 0 spiro atoms. The van der Waals surface area contributed by atoms with E-state index in [0.717, 1.165) is 0 Å². The molecule has 0 aliphatic heterocycles. The molecule has 7 nitrogen and oxygen atoms in total. The molecular formula is C11H12N2O5. The zero-order valence-corrected chi connectivity index (χ0v) is 9.29. The lowest BCUT2D eigenvalue weighted by atomic mass is 10.0. The van der Waals surface area contributed by atoms with Gasteiger partial charge in [-0.1, -0.05) is 12.1 Å². The fourth-order valence-electron chi connectivity index (χ4n) is 1.35. The average Bonchev–Trinajstić information content (AvgIpc) is 2.28. The van der Waals surface area contributed by atoms with Gasteiger partial charge in [0, 0.05) is 12.0 Å². The van der Waals surface area contributed by atoms with Crippen LogP contribution in [0.3, 0.4) is 0 Å². The lowest BCUT2D eigenvalue weighted by Crippen LogP contribution is -2.32. The van der Waals surface area contributed by atoms with Crippen molar-refractivity contribution in [3.05, 3.63) is 29.8 Å². The summed E-state index contributed by atoms with van der Waals surface area (Å²) in [6.07, 6.45) is -1.70.